The van der Waals surface area contributed by atoms with E-state index in [0.717, 1.165) is 17.7 Å². The van der Waals surface area contributed by atoms with Gasteiger partial charge in [-0.25, -0.2) is 0 Å². The van der Waals surface area contributed by atoms with Crippen molar-refractivity contribution >= 4 is 16.5 Å². The van der Waals surface area contributed by atoms with Gasteiger partial charge >= 0.3 is 0 Å². The van der Waals surface area contributed by atoms with Crippen molar-refractivity contribution in [2.45, 2.75) is 17.7 Å². The maximum atomic E-state index is 12.1. The van der Waals surface area contributed by atoms with Crippen LogP contribution >= 0.6 is 0 Å². The second-order valence-electron chi connectivity index (χ2n) is 4.18. The van der Waals surface area contributed by atoms with Crippen molar-refractivity contribution in [3.05, 3.63) is 60.2 Å². The zero-order valence-electron chi connectivity index (χ0n) is 10.2. The highest BCUT2D eigenvalue weighted by atomic mass is 32.2. The normalized spacial score (nSPS) is 12.2. The number of para-hydroxylation sites is 1. The number of anilines is 1. The molecule has 3 heteroatoms. The summed E-state index contributed by atoms with van der Waals surface area (Å²) in [5.74, 6) is 0.656. The lowest BCUT2D eigenvalue weighted by atomic mass is 10.1. The molecule has 0 aliphatic carbocycles. The summed E-state index contributed by atoms with van der Waals surface area (Å²) in [6, 6.07) is 17.6. The summed E-state index contributed by atoms with van der Waals surface area (Å²) in [5.41, 5.74) is 7.72. The first-order chi connectivity index (χ1) is 8.77. The quantitative estimate of drug-likeness (QED) is 0.839. The van der Waals surface area contributed by atoms with Gasteiger partial charge < -0.3 is 5.73 Å². The molecule has 1 atom stereocenters. The highest BCUT2D eigenvalue weighted by molar-refractivity contribution is 7.85. The molecule has 2 aromatic carbocycles. The molecule has 0 aromatic heterocycles. The molecule has 94 valence electrons. The first-order valence-electron chi connectivity index (χ1n) is 6.04. The molecule has 0 bridgehead atoms. The topological polar surface area (TPSA) is 43.1 Å². The van der Waals surface area contributed by atoms with Crippen LogP contribution in [0, 0.1) is 0 Å². The fraction of sp³-hybridized carbons (Fsp3) is 0.200. The maximum absolute atomic E-state index is 12.1. The third kappa shape index (κ3) is 3.44. The molecule has 2 rings (SSSR count). The Balaban J connectivity index is 1.88. The van der Waals surface area contributed by atoms with Gasteiger partial charge in [0.25, 0.3) is 0 Å². The lowest BCUT2D eigenvalue weighted by Crippen LogP contribution is -2.03. The predicted octanol–water partition coefficient (Wildman–Crippen LogP) is 3.01. The van der Waals surface area contributed by atoms with Crippen molar-refractivity contribution in [3.8, 4) is 0 Å². The van der Waals surface area contributed by atoms with Crippen LogP contribution in [0.5, 0.6) is 0 Å². The van der Waals surface area contributed by atoms with E-state index in [1.165, 1.54) is 5.56 Å². The van der Waals surface area contributed by atoms with Gasteiger partial charge in [0.15, 0.2) is 0 Å². The van der Waals surface area contributed by atoms with Gasteiger partial charge in [0, 0.05) is 11.4 Å². The zero-order valence-corrected chi connectivity index (χ0v) is 11.0. The van der Waals surface area contributed by atoms with E-state index in [0.29, 0.717) is 11.4 Å². The van der Waals surface area contributed by atoms with E-state index in [9.17, 15) is 4.21 Å². The van der Waals surface area contributed by atoms with E-state index in [-0.39, 0.29) is 0 Å². The minimum absolute atomic E-state index is 0.621. The molecule has 0 saturated heterocycles. The fourth-order valence-corrected chi connectivity index (χ4v) is 3.04. The Kier molecular flexibility index (Phi) is 4.53. The van der Waals surface area contributed by atoms with E-state index in [1.54, 1.807) is 6.07 Å². The van der Waals surface area contributed by atoms with Gasteiger partial charge in [0.05, 0.1) is 15.7 Å². The number of rotatable bonds is 5. The number of aryl methyl sites for hydroxylation is 1. The first kappa shape index (κ1) is 12.8. The number of nitrogens with two attached hydrogens (primary N) is 1. The van der Waals surface area contributed by atoms with Gasteiger partial charge in [-0.1, -0.05) is 42.5 Å². The lowest BCUT2D eigenvalue weighted by molar-refractivity contribution is 0.680. The molecular weight excluding hydrogens is 242 g/mol. The Morgan fingerprint density at radius 1 is 0.944 bits per heavy atom. The van der Waals surface area contributed by atoms with Gasteiger partial charge in [-0.15, -0.1) is 0 Å². The van der Waals surface area contributed by atoms with Gasteiger partial charge in [-0.3, -0.25) is 4.21 Å². The lowest BCUT2D eigenvalue weighted by Gasteiger charge is -2.05. The SMILES string of the molecule is Nc1ccccc1S(=O)CCCc1ccccc1. The van der Waals surface area contributed by atoms with Crippen molar-refractivity contribution in [1.82, 2.24) is 0 Å². The van der Waals surface area contributed by atoms with Crippen LogP contribution in [0.2, 0.25) is 0 Å². The smallest absolute Gasteiger partial charge is 0.0617 e. The van der Waals surface area contributed by atoms with Crippen LogP contribution < -0.4 is 5.73 Å². The number of nitrogen functional groups attached to an aromatic ring is 1. The van der Waals surface area contributed by atoms with E-state index < -0.39 is 10.8 Å². The first-order valence-corrected chi connectivity index (χ1v) is 7.36. The molecule has 0 spiro atoms. The van der Waals surface area contributed by atoms with Gasteiger partial charge in [-0.05, 0) is 30.5 Å². The summed E-state index contributed by atoms with van der Waals surface area (Å²) in [6.45, 7) is 0. The van der Waals surface area contributed by atoms with Crippen molar-refractivity contribution in [2.75, 3.05) is 11.5 Å². The van der Waals surface area contributed by atoms with E-state index >= 15 is 0 Å². The molecule has 0 aliphatic rings. The minimum Gasteiger partial charge on any atom is -0.398 e. The second kappa shape index (κ2) is 6.36. The predicted molar refractivity (Wildman–Crippen MR) is 76.9 cm³/mol. The van der Waals surface area contributed by atoms with Crippen molar-refractivity contribution in [1.29, 1.82) is 0 Å². The van der Waals surface area contributed by atoms with Crippen molar-refractivity contribution < 1.29 is 4.21 Å². The molecule has 18 heavy (non-hydrogen) atoms. The zero-order chi connectivity index (χ0) is 12.8. The van der Waals surface area contributed by atoms with Crippen LogP contribution in [-0.2, 0) is 17.2 Å². The molecule has 0 fully saturated rings. The third-order valence-corrected chi connectivity index (χ3v) is 4.32. The Bertz CT molecular complexity index is 525. The van der Waals surface area contributed by atoms with Crippen LogP contribution in [-0.4, -0.2) is 9.96 Å². The van der Waals surface area contributed by atoms with Crippen LogP contribution in [0.1, 0.15) is 12.0 Å². The average molecular weight is 259 g/mol. The highest BCUT2D eigenvalue weighted by Crippen LogP contribution is 2.16. The number of hydrogen-bond acceptors (Lipinski definition) is 2. The second-order valence-corrected chi connectivity index (χ2v) is 5.72. The third-order valence-electron chi connectivity index (χ3n) is 2.80. The molecule has 0 amide bonds. The maximum Gasteiger partial charge on any atom is 0.0617 e. The van der Waals surface area contributed by atoms with Gasteiger partial charge in [-0.2, -0.15) is 0 Å². The molecule has 0 radical (unpaired) electrons. The van der Waals surface area contributed by atoms with Crippen molar-refractivity contribution in [2.24, 2.45) is 0 Å². The van der Waals surface area contributed by atoms with Gasteiger partial charge in [0.1, 0.15) is 0 Å². The molecular formula is C15H17NOS. The van der Waals surface area contributed by atoms with Crippen LogP contribution in [0.25, 0.3) is 0 Å². The van der Waals surface area contributed by atoms with Crippen LogP contribution in [0.3, 0.4) is 0 Å². The summed E-state index contributed by atoms with van der Waals surface area (Å²) in [6.07, 6.45) is 1.87. The van der Waals surface area contributed by atoms with E-state index in [4.69, 9.17) is 5.73 Å². The highest BCUT2D eigenvalue weighted by Gasteiger charge is 2.06. The summed E-state index contributed by atoms with van der Waals surface area (Å²) < 4.78 is 12.1. The molecule has 0 saturated carbocycles. The van der Waals surface area contributed by atoms with E-state index in [2.05, 4.69) is 12.1 Å². The van der Waals surface area contributed by atoms with E-state index in [1.807, 2.05) is 36.4 Å². The number of hydrogen-bond donors (Lipinski definition) is 1. The summed E-state index contributed by atoms with van der Waals surface area (Å²) in [4.78, 5) is 0.755. The molecule has 2 N–H and O–H groups in total. The van der Waals surface area contributed by atoms with Crippen LogP contribution in [0.15, 0.2) is 59.5 Å². The standard InChI is InChI=1S/C15H17NOS/c16-14-10-4-5-11-15(14)18(17)12-6-9-13-7-2-1-3-8-13/h1-5,7-8,10-11H,6,9,12,16H2. The fourth-order valence-electron chi connectivity index (χ4n) is 1.85. The Hall–Kier alpha value is -1.61. The minimum atomic E-state index is -0.994. The van der Waals surface area contributed by atoms with Gasteiger partial charge in [0.2, 0.25) is 0 Å². The summed E-state index contributed by atoms with van der Waals surface area (Å²) >= 11 is 0. The average Bonchev–Trinajstić information content (AvgIpc) is 2.40. The summed E-state index contributed by atoms with van der Waals surface area (Å²) in [5, 5.41) is 0. The molecule has 0 aliphatic heterocycles. The molecule has 2 nitrogen and oxygen atoms in total. The molecule has 2 aromatic rings. The Labute approximate surface area is 110 Å². The number of benzene rings is 2. The molecule has 0 heterocycles. The van der Waals surface area contributed by atoms with Crippen molar-refractivity contribution in [3.63, 3.8) is 0 Å². The summed E-state index contributed by atoms with van der Waals surface area (Å²) in [7, 11) is -0.994. The largest absolute Gasteiger partial charge is 0.398 e. The monoisotopic (exact) mass is 259 g/mol. The van der Waals surface area contributed by atoms with Crippen LogP contribution in [0.4, 0.5) is 5.69 Å². The Morgan fingerprint density at radius 2 is 1.61 bits per heavy atom. The molecule has 1 unspecified atom stereocenters. The Morgan fingerprint density at radius 3 is 2.33 bits per heavy atom.